The van der Waals surface area contributed by atoms with Crippen molar-refractivity contribution < 1.29 is 23.4 Å². The van der Waals surface area contributed by atoms with Gasteiger partial charge in [0.2, 0.25) is 6.17 Å². The van der Waals surface area contributed by atoms with Gasteiger partial charge in [-0.05, 0) is 24.6 Å². The summed E-state index contributed by atoms with van der Waals surface area (Å²) in [4.78, 5) is 11.0. The number of carbonyl (C=O) groups excluding carboxylic acids is 1. The molecule has 1 aromatic carbocycles. The lowest BCUT2D eigenvalue weighted by atomic mass is 10.1. The van der Waals surface area contributed by atoms with Crippen LogP contribution in [0.25, 0.3) is 0 Å². The van der Waals surface area contributed by atoms with Gasteiger partial charge < -0.3 is 9.84 Å². The molecule has 0 aromatic heterocycles. The van der Waals surface area contributed by atoms with Gasteiger partial charge >= 0.3 is 5.97 Å². The SMILES string of the molecule is CCOC(=O)C(F)C(O)c1ccc(F)cc1. The van der Waals surface area contributed by atoms with Crippen molar-refractivity contribution in [1.82, 2.24) is 0 Å². The second-order valence-corrected chi connectivity index (χ2v) is 3.15. The number of aliphatic hydroxyl groups is 1. The molecule has 0 fully saturated rings. The second kappa shape index (κ2) is 5.55. The van der Waals surface area contributed by atoms with Gasteiger partial charge in [0.05, 0.1) is 6.61 Å². The monoisotopic (exact) mass is 230 g/mol. The number of halogens is 2. The summed E-state index contributed by atoms with van der Waals surface area (Å²) in [7, 11) is 0. The Bertz CT molecular complexity index is 351. The lowest BCUT2D eigenvalue weighted by molar-refractivity contribution is -0.153. The van der Waals surface area contributed by atoms with Crippen LogP contribution in [0.2, 0.25) is 0 Å². The lowest BCUT2D eigenvalue weighted by Crippen LogP contribution is -2.26. The predicted octanol–water partition coefficient (Wildman–Crippen LogP) is 1.76. The molecule has 88 valence electrons. The minimum atomic E-state index is -2.16. The van der Waals surface area contributed by atoms with Crippen LogP contribution in [0, 0.1) is 5.82 Å². The Balaban J connectivity index is 2.73. The van der Waals surface area contributed by atoms with Crippen LogP contribution < -0.4 is 0 Å². The summed E-state index contributed by atoms with van der Waals surface area (Å²) >= 11 is 0. The van der Waals surface area contributed by atoms with Crippen molar-refractivity contribution >= 4 is 5.97 Å². The van der Waals surface area contributed by atoms with E-state index in [9.17, 15) is 18.7 Å². The molecular formula is C11H12F2O3. The smallest absolute Gasteiger partial charge is 0.343 e. The second-order valence-electron chi connectivity index (χ2n) is 3.15. The quantitative estimate of drug-likeness (QED) is 0.802. The fraction of sp³-hybridized carbons (Fsp3) is 0.364. The van der Waals surface area contributed by atoms with E-state index in [1.807, 2.05) is 0 Å². The molecule has 1 aromatic rings. The molecule has 3 nitrogen and oxygen atoms in total. The molecule has 0 aliphatic heterocycles. The molecule has 1 N–H and O–H groups in total. The Kier molecular flexibility index (Phi) is 4.37. The zero-order valence-electron chi connectivity index (χ0n) is 8.69. The molecule has 0 aliphatic rings. The van der Waals surface area contributed by atoms with E-state index in [2.05, 4.69) is 4.74 Å². The number of ether oxygens (including phenoxy) is 1. The molecule has 2 unspecified atom stereocenters. The minimum Gasteiger partial charge on any atom is -0.464 e. The van der Waals surface area contributed by atoms with E-state index < -0.39 is 24.1 Å². The summed E-state index contributed by atoms with van der Waals surface area (Å²) < 4.78 is 30.3. The maximum absolute atomic E-state index is 13.3. The van der Waals surface area contributed by atoms with Crippen LogP contribution in [0.15, 0.2) is 24.3 Å². The third kappa shape index (κ3) is 3.00. The Morgan fingerprint density at radius 2 is 2.00 bits per heavy atom. The zero-order chi connectivity index (χ0) is 12.1. The van der Waals surface area contributed by atoms with E-state index in [0.717, 1.165) is 12.1 Å². The predicted molar refractivity (Wildman–Crippen MR) is 52.9 cm³/mol. The molecule has 1 rings (SSSR count). The van der Waals surface area contributed by atoms with E-state index in [-0.39, 0.29) is 12.2 Å². The van der Waals surface area contributed by atoms with Gasteiger partial charge in [-0.25, -0.2) is 13.6 Å². The fourth-order valence-corrected chi connectivity index (χ4v) is 1.18. The average molecular weight is 230 g/mol. The van der Waals surface area contributed by atoms with Crippen molar-refractivity contribution in [3.63, 3.8) is 0 Å². The molecule has 2 atom stereocenters. The Morgan fingerprint density at radius 1 is 1.44 bits per heavy atom. The van der Waals surface area contributed by atoms with Crippen molar-refractivity contribution in [2.75, 3.05) is 6.61 Å². The summed E-state index contributed by atoms with van der Waals surface area (Å²) in [6.07, 6.45) is -3.80. The average Bonchev–Trinajstić information content (AvgIpc) is 2.28. The van der Waals surface area contributed by atoms with Crippen LogP contribution in [0.1, 0.15) is 18.6 Å². The molecule has 0 saturated carbocycles. The van der Waals surface area contributed by atoms with Crippen LogP contribution in [0.3, 0.4) is 0 Å². The maximum atomic E-state index is 13.3. The number of hydrogen-bond donors (Lipinski definition) is 1. The third-order valence-electron chi connectivity index (χ3n) is 2.00. The third-order valence-corrected chi connectivity index (χ3v) is 2.00. The number of rotatable bonds is 4. The number of hydrogen-bond acceptors (Lipinski definition) is 3. The van der Waals surface area contributed by atoms with Crippen LogP contribution in [0.5, 0.6) is 0 Å². The summed E-state index contributed by atoms with van der Waals surface area (Å²) in [6, 6.07) is 4.59. The largest absolute Gasteiger partial charge is 0.464 e. The van der Waals surface area contributed by atoms with E-state index in [0.29, 0.717) is 0 Å². The number of carbonyl (C=O) groups is 1. The van der Waals surface area contributed by atoms with Gasteiger partial charge in [-0.15, -0.1) is 0 Å². The lowest BCUT2D eigenvalue weighted by Gasteiger charge is -2.14. The summed E-state index contributed by atoms with van der Waals surface area (Å²) in [5.74, 6) is -1.62. The highest BCUT2D eigenvalue weighted by Gasteiger charge is 2.28. The molecule has 0 saturated heterocycles. The Morgan fingerprint density at radius 3 is 2.50 bits per heavy atom. The first-order valence-electron chi connectivity index (χ1n) is 4.80. The van der Waals surface area contributed by atoms with Crippen LogP contribution >= 0.6 is 0 Å². The molecule has 0 bridgehead atoms. The van der Waals surface area contributed by atoms with Crippen molar-refractivity contribution in [2.45, 2.75) is 19.2 Å². The summed E-state index contributed by atoms with van der Waals surface area (Å²) in [5.41, 5.74) is 0.127. The highest BCUT2D eigenvalue weighted by Crippen LogP contribution is 2.20. The molecule has 5 heteroatoms. The van der Waals surface area contributed by atoms with Crippen molar-refractivity contribution in [3.05, 3.63) is 35.6 Å². The molecule has 0 aliphatic carbocycles. The first-order chi connectivity index (χ1) is 7.56. The minimum absolute atomic E-state index is 0.0371. The molecule has 0 amide bonds. The van der Waals surface area contributed by atoms with Gasteiger partial charge in [0.25, 0.3) is 0 Å². The first-order valence-corrected chi connectivity index (χ1v) is 4.80. The van der Waals surface area contributed by atoms with E-state index >= 15 is 0 Å². The number of alkyl halides is 1. The highest BCUT2D eigenvalue weighted by atomic mass is 19.1. The first kappa shape index (κ1) is 12.6. The molecule has 0 radical (unpaired) electrons. The normalized spacial score (nSPS) is 14.2. The molecular weight excluding hydrogens is 218 g/mol. The van der Waals surface area contributed by atoms with Gasteiger partial charge in [0.15, 0.2) is 0 Å². The van der Waals surface area contributed by atoms with E-state index in [4.69, 9.17) is 0 Å². The van der Waals surface area contributed by atoms with Crippen LogP contribution in [0.4, 0.5) is 8.78 Å². The maximum Gasteiger partial charge on any atom is 0.343 e. The topological polar surface area (TPSA) is 46.5 Å². The number of aliphatic hydroxyl groups excluding tert-OH is 1. The summed E-state index contributed by atoms with van der Waals surface area (Å²) in [5, 5.41) is 9.48. The highest BCUT2D eigenvalue weighted by molar-refractivity contribution is 5.75. The fourth-order valence-electron chi connectivity index (χ4n) is 1.18. The van der Waals surface area contributed by atoms with Gasteiger partial charge in [0.1, 0.15) is 11.9 Å². The molecule has 0 spiro atoms. The van der Waals surface area contributed by atoms with Crippen LogP contribution in [-0.2, 0) is 9.53 Å². The number of benzene rings is 1. The van der Waals surface area contributed by atoms with Gasteiger partial charge in [0, 0.05) is 0 Å². The number of esters is 1. The van der Waals surface area contributed by atoms with Gasteiger partial charge in [-0.3, -0.25) is 0 Å². The standard InChI is InChI=1S/C11H12F2O3/c1-2-16-11(15)9(13)10(14)7-3-5-8(12)6-4-7/h3-6,9-10,14H,2H2,1H3. The van der Waals surface area contributed by atoms with E-state index in [1.54, 1.807) is 0 Å². The molecule has 16 heavy (non-hydrogen) atoms. The molecule has 0 heterocycles. The van der Waals surface area contributed by atoms with Gasteiger partial charge in [-0.1, -0.05) is 12.1 Å². The summed E-state index contributed by atoms with van der Waals surface area (Å²) in [6.45, 7) is 1.57. The zero-order valence-corrected chi connectivity index (χ0v) is 8.69. The Hall–Kier alpha value is -1.49. The van der Waals surface area contributed by atoms with Crippen molar-refractivity contribution in [1.29, 1.82) is 0 Å². The van der Waals surface area contributed by atoms with Crippen molar-refractivity contribution in [2.24, 2.45) is 0 Å². The van der Waals surface area contributed by atoms with E-state index in [1.165, 1.54) is 19.1 Å². The Labute approximate surface area is 91.7 Å². The van der Waals surface area contributed by atoms with Gasteiger partial charge in [-0.2, -0.15) is 0 Å². The van der Waals surface area contributed by atoms with Crippen molar-refractivity contribution in [3.8, 4) is 0 Å². The van der Waals surface area contributed by atoms with Crippen LogP contribution in [-0.4, -0.2) is 23.9 Å².